The molecule has 2 atom stereocenters. The molecule has 100 valence electrons. The van der Waals surface area contributed by atoms with Crippen molar-refractivity contribution in [3.05, 3.63) is 29.6 Å². The fraction of sp³-hybridized carbons (Fsp3) is 0.462. The van der Waals surface area contributed by atoms with E-state index in [9.17, 15) is 9.18 Å². The van der Waals surface area contributed by atoms with Gasteiger partial charge in [-0.25, -0.2) is 9.18 Å². The molecule has 1 unspecified atom stereocenters. The van der Waals surface area contributed by atoms with Gasteiger partial charge in [-0.15, -0.1) is 0 Å². The van der Waals surface area contributed by atoms with Crippen LogP contribution in [-0.2, 0) is 9.53 Å². The van der Waals surface area contributed by atoms with E-state index in [4.69, 9.17) is 15.2 Å². The highest BCUT2D eigenvalue weighted by Gasteiger charge is 2.18. The molecule has 0 aliphatic carbocycles. The predicted molar refractivity (Wildman–Crippen MR) is 65.7 cm³/mol. The summed E-state index contributed by atoms with van der Waals surface area (Å²) in [6.07, 6.45) is -0.847. The van der Waals surface area contributed by atoms with E-state index >= 15 is 0 Å². The van der Waals surface area contributed by atoms with E-state index in [-0.39, 0.29) is 18.4 Å². The van der Waals surface area contributed by atoms with Crippen LogP contribution in [0.4, 0.5) is 4.39 Å². The molecule has 1 aromatic carbocycles. The molecule has 0 bridgehead atoms. The molecule has 0 saturated heterocycles. The number of halogens is 1. The molecule has 1 aromatic rings. The van der Waals surface area contributed by atoms with E-state index in [1.807, 2.05) is 0 Å². The Hall–Kier alpha value is -1.62. The van der Waals surface area contributed by atoms with E-state index in [0.717, 1.165) is 0 Å². The number of esters is 1. The van der Waals surface area contributed by atoms with Gasteiger partial charge in [-0.3, -0.25) is 0 Å². The third kappa shape index (κ3) is 3.70. The third-order valence-electron chi connectivity index (χ3n) is 2.40. The van der Waals surface area contributed by atoms with Gasteiger partial charge in [0.15, 0.2) is 17.7 Å². The van der Waals surface area contributed by atoms with E-state index in [2.05, 4.69) is 0 Å². The standard InChI is InChI=1S/C13H18FNO3/c1-4-17-13(16)9(3)18-12-6-5-10(8(2)15)7-11(12)14/h5-9H,4,15H2,1-3H3/t8-,9?/m1/s1. The molecule has 1 rings (SSSR count). The van der Waals surface area contributed by atoms with Gasteiger partial charge in [0, 0.05) is 6.04 Å². The largest absolute Gasteiger partial charge is 0.476 e. The Kier molecular flexibility index (Phi) is 5.09. The Labute approximate surface area is 106 Å². The molecule has 4 nitrogen and oxygen atoms in total. The summed E-state index contributed by atoms with van der Waals surface area (Å²) in [5.41, 5.74) is 6.31. The van der Waals surface area contributed by atoms with Crippen molar-refractivity contribution in [2.24, 2.45) is 5.73 Å². The van der Waals surface area contributed by atoms with Gasteiger partial charge in [-0.05, 0) is 38.5 Å². The lowest BCUT2D eigenvalue weighted by Crippen LogP contribution is -2.26. The van der Waals surface area contributed by atoms with Crippen molar-refractivity contribution in [3.63, 3.8) is 0 Å². The summed E-state index contributed by atoms with van der Waals surface area (Å²) in [6, 6.07) is 4.18. The minimum absolute atomic E-state index is 0.0138. The lowest BCUT2D eigenvalue weighted by Gasteiger charge is -2.15. The number of rotatable bonds is 5. The van der Waals surface area contributed by atoms with Crippen molar-refractivity contribution in [3.8, 4) is 5.75 Å². The van der Waals surface area contributed by atoms with Crippen molar-refractivity contribution in [2.75, 3.05) is 6.61 Å². The molecule has 0 amide bonds. The quantitative estimate of drug-likeness (QED) is 0.819. The minimum Gasteiger partial charge on any atom is -0.476 e. The summed E-state index contributed by atoms with van der Waals surface area (Å²) in [5, 5.41) is 0. The van der Waals surface area contributed by atoms with Crippen LogP contribution in [0, 0.1) is 5.82 Å². The number of hydrogen-bond donors (Lipinski definition) is 1. The van der Waals surface area contributed by atoms with Crippen LogP contribution in [-0.4, -0.2) is 18.7 Å². The van der Waals surface area contributed by atoms with Gasteiger partial charge in [-0.1, -0.05) is 6.07 Å². The molecule has 5 heteroatoms. The monoisotopic (exact) mass is 255 g/mol. The first-order chi connectivity index (χ1) is 8.45. The molecule has 0 heterocycles. The highest BCUT2D eigenvalue weighted by molar-refractivity contribution is 5.74. The van der Waals surface area contributed by atoms with Crippen LogP contribution in [0.15, 0.2) is 18.2 Å². The number of nitrogens with two attached hydrogens (primary N) is 1. The van der Waals surface area contributed by atoms with E-state index < -0.39 is 17.9 Å². The van der Waals surface area contributed by atoms with Crippen LogP contribution in [0.3, 0.4) is 0 Å². The van der Waals surface area contributed by atoms with Gasteiger partial charge in [0.2, 0.25) is 0 Å². The Balaban J connectivity index is 2.76. The normalized spacial score (nSPS) is 13.8. The van der Waals surface area contributed by atoms with Gasteiger partial charge in [0.1, 0.15) is 0 Å². The van der Waals surface area contributed by atoms with Crippen LogP contribution in [0.2, 0.25) is 0 Å². The fourth-order valence-corrected chi connectivity index (χ4v) is 1.39. The second-order valence-electron chi connectivity index (χ2n) is 3.99. The second kappa shape index (κ2) is 6.35. The van der Waals surface area contributed by atoms with Crippen LogP contribution in [0.5, 0.6) is 5.75 Å². The number of ether oxygens (including phenoxy) is 2. The zero-order valence-electron chi connectivity index (χ0n) is 10.8. The first-order valence-electron chi connectivity index (χ1n) is 5.84. The molecule has 0 aliphatic heterocycles. The third-order valence-corrected chi connectivity index (χ3v) is 2.40. The van der Waals surface area contributed by atoms with Crippen molar-refractivity contribution in [2.45, 2.75) is 32.9 Å². The van der Waals surface area contributed by atoms with E-state index in [0.29, 0.717) is 5.56 Å². The van der Waals surface area contributed by atoms with Crippen LogP contribution in [0.1, 0.15) is 32.4 Å². The Bertz CT molecular complexity index is 421. The first kappa shape index (κ1) is 14.4. The van der Waals surface area contributed by atoms with Crippen LogP contribution >= 0.6 is 0 Å². The highest BCUT2D eigenvalue weighted by Crippen LogP contribution is 2.22. The topological polar surface area (TPSA) is 61.5 Å². The molecule has 0 radical (unpaired) electrons. The zero-order chi connectivity index (χ0) is 13.7. The Morgan fingerprint density at radius 1 is 1.44 bits per heavy atom. The summed E-state index contributed by atoms with van der Waals surface area (Å²) >= 11 is 0. The maximum Gasteiger partial charge on any atom is 0.347 e. The van der Waals surface area contributed by atoms with Crippen LogP contribution in [0.25, 0.3) is 0 Å². The molecule has 0 fully saturated rings. The van der Waals surface area contributed by atoms with Crippen LogP contribution < -0.4 is 10.5 Å². The van der Waals surface area contributed by atoms with Gasteiger partial charge in [-0.2, -0.15) is 0 Å². The summed E-state index contributed by atoms with van der Waals surface area (Å²) in [6.45, 7) is 5.23. The number of carbonyl (C=O) groups is 1. The average Bonchev–Trinajstić information content (AvgIpc) is 2.31. The predicted octanol–water partition coefficient (Wildman–Crippen LogP) is 2.18. The molecule has 18 heavy (non-hydrogen) atoms. The molecular weight excluding hydrogens is 237 g/mol. The summed E-state index contributed by atoms with van der Waals surface area (Å²) in [7, 11) is 0. The molecular formula is C13H18FNO3. The highest BCUT2D eigenvalue weighted by atomic mass is 19.1. The van der Waals surface area contributed by atoms with Crippen molar-refractivity contribution in [1.82, 2.24) is 0 Å². The summed E-state index contributed by atoms with van der Waals surface area (Å²) < 4.78 is 23.7. The SMILES string of the molecule is CCOC(=O)C(C)Oc1ccc([C@@H](C)N)cc1F. The number of carbonyl (C=O) groups excluding carboxylic acids is 1. The molecule has 0 saturated carbocycles. The number of hydrogen-bond acceptors (Lipinski definition) is 4. The van der Waals surface area contributed by atoms with Gasteiger partial charge < -0.3 is 15.2 Å². The minimum atomic E-state index is -0.847. The fourth-order valence-electron chi connectivity index (χ4n) is 1.39. The molecule has 0 spiro atoms. The van der Waals surface area contributed by atoms with Crippen molar-refractivity contribution >= 4 is 5.97 Å². The summed E-state index contributed by atoms with van der Waals surface area (Å²) in [5.74, 6) is -1.05. The van der Waals surface area contributed by atoms with E-state index in [1.165, 1.54) is 19.1 Å². The lowest BCUT2D eigenvalue weighted by atomic mass is 10.1. The van der Waals surface area contributed by atoms with Gasteiger partial charge in [0.05, 0.1) is 6.61 Å². The smallest absolute Gasteiger partial charge is 0.347 e. The number of benzene rings is 1. The first-order valence-corrected chi connectivity index (χ1v) is 5.84. The van der Waals surface area contributed by atoms with Gasteiger partial charge in [0.25, 0.3) is 0 Å². The lowest BCUT2D eigenvalue weighted by molar-refractivity contribution is -0.150. The van der Waals surface area contributed by atoms with E-state index in [1.54, 1.807) is 19.9 Å². The maximum atomic E-state index is 13.7. The van der Waals surface area contributed by atoms with Crippen molar-refractivity contribution < 1.29 is 18.7 Å². The second-order valence-corrected chi connectivity index (χ2v) is 3.99. The molecule has 0 aromatic heterocycles. The van der Waals surface area contributed by atoms with Crippen molar-refractivity contribution in [1.29, 1.82) is 0 Å². The van der Waals surface area contributed by atoms with Gasteiger partial charge >= 0.3 is 5.97 Å². The maximum absolute atomic E-state index is 13.7. The summed E-state index contributed by atoms with van der Waals surface area (Å²) in [4.78, 5) is 11.3. The average molecular weight is 255 g/mol. The Morgan fingerprint density at radius 2 is 2.11 bits per heavy atom. The molecule has 2 N–H and O–H groups in total. The Morgan fingerprint density at radius 3 is 2.61 bits per heavy atom. The molecule has 0 aliphatic rings. The zero-order valence-corrected chi connectivity index (χ0v) is 10.8.